The van der Waals surface area contributed by atoms with Gasteiger partial charge in [0.05, 0.1) is 5.88 Å². The summed E-state index contributed by atoms with van der Waals surface area (Å²) < 4.78 is 13.1. The Hall–Kier alpha value is -1.09. The van der Waals surface area contributed by atoms with Crippen LogP contribution in [0.4, 0.5) is 10.1 Å². The first kappa shape index (κ1) is 9.99. The van der Waals surface area contributed by atoms with Gasteiger partial charge in [-0.25, -0.2) is 9.38 Å². The normalized spacial score (nSPS) is 11.8. The number of alkyl halides is 1. The number of nitrogens with zero attached hydrogens (tertiary/aromatic N) is 1. The number of aryl methyl sites for hydroxylation is 1. The van der Waals surface area contributed by atoms with Gasteiger partial charge in [-0.3, -0.25) is 0 Å². The Balaban J connectivity index is 3.07. The van der Waals surface area contributed by atoms with E-state index in [0.29, 0.717) is 0 Å². The van der Waals surface area contributed by atoms with Crippen LogP contribution in [0, 0.1) is 12.7 Å². The lowest BCUT2D eigenvalue weighted by Gasteiger charge is -1.99. The highest BCUT2D eigenvalue weighted by atomic mass is 35.5. The predicted octanol–water partition coefficient (Wildman–Crippen LogP) is 2.36. The molecule has 0 aliphatic carbocycles. The van der Waals surface area contributed by atoms with E-state index in [4.69, 9.17) is 17.3 Å². The second-order valence-electron chi connectivity index (χ2n) is 2.69. The van der Waals surface area contributed by atoms with Crippen molar-refractivity contribution in [2.24, 2.45) is 10.7 Å². The first-order valence-electron chi connectivity index (χ1n) is 3.78. The predicted molar refractivity (Wildman–Crippen MR) is 53.1 cm³/mol. The Bertz CT molecular complexity index is 336. The Kier molecular flexibility index (Phi) is 3.25. The van der Waals surface area contributed by atoms with E-state index in [9.17, 15) is 4.39 Å². The summed E-state index contributed by atoms with van der Waals surface area (Å²) in [7, 11) is 0. The third kappa shape index (κ3) is 2.70. The van der Waals surface area contributed by atoms with Crippen LogP contribution in [-0.2, 0) is 0 Å². The number of hydrogen-bond donors (Lipinski definition) is 1. The minimum atomic E-state index is -0.390. The fourth-order valence-corrected chi connectivity index (χ4v) is 0.953. The number of hydrogen-bond acceptors (Lipinski definition) is 1. The molecule has 0 aliphatic rings. The Morgan fingerprint density at radius 1 is 1.62 bits per heavy atom. The number of halogens is 2. The molecule has 1 aromatic rings. The summed E-state index contributed by atoms with van der Waals surface area (Å²) in [6.45, 7) is 1.86. The molecule has 0 amide bonds. The quantitative estimate of drug-likeness (QED) is 0.444. The van der Waals surface area contributed by atoms with E-state index in [2.05, 4.69) is 4.99 Å². The van der Waals surface area contributed by atoms with E-state index in [1.54, 1.807) is 12.1 Å². The maximum absolute atomic E-state index is 13.1. The summed E-state index contributed by atoms with van der Waals surface area (Å²) in [6, 6.07) is 4.65. The molecule has 0 atom stereocenters. The lowest BCUT2D eigenvalue weighted by molar-refractivity contribution is 0.629. The average Bonchev–Trinajstić information content (AvgIpc) is 2.11. The summed E-state index contributed by atoms with van der Waals surface area (Å²) in [4.78, 5) is 3.83. The molecule has 0 bridgehead atoms. The molecular weight excluding hydrogens is 191 g/mol. The number of amidine groups is 1. The molecule has 70 valence electrons. The van der Waals surface area contributed by atoms with Gasteiger partial charge >= 0.3 is 0 Å². The summed E-state index contributed by atoms with van der Waals surface area (Å²) in [5.74, 6) is -0.0715. The molecule has 0 saturated carbocycles. The van der Waals surface area contributed by atoms with Crippen LogP contribution in [0.1, 0.15) is 5.56 Å². The van der Waals surface area contributed by atoms with Crippen molar-refractivity contribution in [3.8, 4) is 0 Å². The average molecular weight is 201 g/mol. The van der Waals surface area contributed by atoms with Crippen LogP contribution in [0.25, 0.3) is 0 Å². The largest absolute Gasteiger partial charge is 0.386 e. The lowest BCUT2D eigenvalue weighted by Crippen LogP contribution is -2.12. The van der Waals surface area contributed by atoms with Crippen molar-refractivity contribution in [3.63, 3.8) is 0 Å². The number of benzene rings is 1. The van der Waals surface area contributed by atoms with Crippen molar-refractivity contribution in [2.75, 3.05) is 5.88 Å². The molecule has 0 heterocycles. The highest BCUT2D eigenvalue weighted by Gasteiger charge is 2.00. The number of aliphatic imine (C=N–C) groups is 1. The summed E-state index contributed by atoms with van der Waals surface area (Å²) in [5.41, 5.74) is 6.54. The van der Waals surface area contributed by atoms with E-state index >= 15 is 0 Å². The van der Waals surface area contributed by atoms with Crippen LogP contribution in [0.2, 0.25) is 0 Å². The zero-order valence-electron chi connectivity index (χ0n) is 7.22. The van der Waals surface area contributed by atoms with Crippen LogP contribution >= 0.6 is 11.6 Å². The van der Waals surface area contributed by atoms with E-state index in [1.165, 1.54) is 6.07 Å². The summed E-state index contributed by atoms with van der Waals surface area (Å²) in [6.07, 6.45) is 0. The topological polar surface area (TPSA) is 38.4 Å². The van der Waals surface area contributed by atoms with Gasteiger partial charge in [0.15, 0.2) is 0 Å². The molecule has 0 saturated heterocycles. The zero-order valence-corrected chi connectivity index (χ0v) is 7.98. The number of nitrogens with two attached hydrogens (primary N) is 1. The van der Waals surface area contributed by atoms with Crippen molar-refractivity contribution in [1.82, 2.24) is 0 Å². The van der Waals surface area contributed by atoms with E-state index in [1.807, 2.05) is 6.92 Å². The molecule has 13 heavy (non-hydrogen) atoms. The monoisotopic (exact) mass is 200 g/mol. The van der Waals surface area contributed by atoms with E-state index in [0.717, 1.165) is 5.56 Å². The van der Waals surface area contributed by atoms with Gasteiger partial charge in [0.1, 0.15) is 17.3 Å². The van der Waals surface area contributed by atoms with Crippen LogP contribution in [0.5, 0.6) is 0 Å². The van der Waals surface area contributed by atoms with Crippen LogP contribution in [0.3, 0.4) is 0 Å². The van der Waals surface area contributed by atoms with Gasteiger partial charge in [0.25, 0.3) is 0 Å². The van der Waals surface area contributed by atoms with Gasteiger partial charge in [0.2, 0.25) is 0 Å². The molecule has 0 radical (unpaired) electrons. The minimum Gasteiger partial charge on any atom is -0.386 e. The fourth-order valence-electron chi connectivity index (χ4n) is 0.893. The van der Waals surface area contributed by atoms with E-state index < -0.39 is 5.82 Å². The SMILES string of the molecule is Cc1ccc(F)c(N=C(N)CCl)c1. The smallest absolute Gasteiger partial charge is 0.148 e. The number of rotatable bonds is 2. The second kappa shape index (κ2) is 4.23. The molecule has 1 rings (SSSR count). The van der Waals surface area contributed by atoms with Gasteiger partial charge in [0, 0.05) is 0 Å². The minimum absolute atomic E-state index is 0.105. The van der Waals surface area contributed by atoms with Crippen molar-refractivity contribution < 1.29 is 4.39 Å². The lowest BCUT2D eigenvalue weighted by atomic mass is 10.2. The molecule has 0 spiro atoms. The first-order valence-corrected chi connectivity index (χ1v) is 4.32. The fraction of sp³-hybridized carbons (Fsp3) is 0.222. The maximum atomic E-state index is 13.1. The molecule has 0 fully saturated rings. The highest BCUT2D eigenvalue weighted by molar-refractivity contribution is 6.28. The highest BCUT2D eigenvalue weighted by Crippen LogP contribution is 2.18. The third-order valence-electron chi connectivity index (χ3n) is 1.50. The maximum Gasteiger partial charge on any atom is 0.148 e. The Morgan fingerprint density at radius 3 is 2.92 bits per heavy atom. The molecule has 4 heteroatoms. The molecule has 2 N–H and O–H groups in total. The van der Waals surface area contributed by atoms with Gasteiger partial charge in [-0.2, -0.15) is 0 Å². The molecule has 2 nitrogen and oxygen atoms in total. The van der Waals surface area contributed by atoms with Crippen molar-refractivity contribution >= 4 is 23.1 Å². The Morgan fingerprint density at radius 2 is 2.31 bits per heavy atom. The molecule has 1 aromatic carbocycles. The second-order valence-corrected chi connectivity index (χ2v) is 2.96. The van der Waals surface area contributed by atoms with Crippen LogP contribution in [-0.4, -0.2) is 11.7 Å². The van der Waals surface area contributed by atoms with Crippen molar-refractivity contribution in [2.45, 2.75) is 6.92 Å². The van der Waals surface area contributed by atoms with Gasteiger partial charge in [-0.05, 0) is 24.6 Å². The molecule has 0 aliphatic heterocycles. The summed E-state index contributed by atoms with van der Waals surface area (Å²) in [5, 5.41) is 0. The standard InChI is InChI=1S/C9H10ClFN2/c1-6-2-3-7(11)8(4-6)13-9(12)5-10/h2-4H,5H2,1H3,(H2,12,13). The zero-order chi connectivity index (χ0) is 9.84. The molecular formula is C9H10ClFN2. The van der Waals surface area contributed by atoms with Gasteiger partial charge < -0.3 is 5.73 Å². The van der Waals surface area contributed by atoms with Crippen molar-refractivity contribution in [1.29, 1.82) is 0 Å². The summed E-state index contributed by atoms with van der Waals surface area (Å²) >= 11 is 5.42. The van der Waals surface area contributed by atoms with Gasteiger partial charge in [-0.15, -0.1) is 11.6 Å². The third-order valence-corrected chi connectivity index (χ3v) is 1.78. The van der Waals surface area contributed by atoms with Crippen LogP contribution in [0.15, 0.2) is 23.2 Å². The van der Waals surface area contributed by atoms with E-state index in [-0.39, 0.29) is 17.4 Å². The van der Waals surface area contributed by atoms with Crippen molar-refractivity contribution in [3.05, 3.63) is 29.6 Å². The molecule has 0 unspecified atom stereocenters. The molecule has 0 aromatic heterocycles. The first-order chi connectivity index (χ1) is 6.13. The Labute approximate surface area is 81.2 Å². The van der Waals surface area contributed by atoms with Crippen LogP contribution < -0.4 is 5.73 Å². The van der Waals surface area contributed by atoms with Gasteiger partial charge in [-0.1, -0.05) is 6.07 Å².